The minimum Gasteiger partial charge on any atom is -0.460 e. The van der Waals surface area contributed by atoms with Crippen molar-refractivity contribution >= 4 is 29.2 Å². The number of allylic oxidation sites excluding steroid dienone is 6. The first kappa shape index (κ1) is 58.2. The number of hydrogen-bond acceptors (Lipinski definition) is 14. The summed E-state index contributed by atoms with van der Waals surface area (Å²) in [5, 5.41) is 32.7. The van der Waals surface area contributed by atoms with Crippen molar-refractivity contribution < 1.29 is 67.7 Å². The maximum Gasteiger partial charge on any atom is 0.329 e. The Morgan fingerprint density at radius 3 is 2.28 bits per heavy atom. The second-order valence-electron chi connectivity index (χ2n) is 20.5. The number of ether oxygens (including phenoxy) is 6. The first-order valence-corrected chi connectivity index (χ1v) is 25.5. The van der Waals surface area contributed by atoms with Crippen LogP contribution in [0.2, 0.25) is 0 Å². The van der Waals surface area contributed by atoms with E-state index in [1.807, 2.05) is 58.1 Å². The number of methoxy groups -OCH3 is 3. The Morgan fingerprint density at radius 1 is 0.855 bits per heavy atom. The van der Waals surface area contributed by atoms with Gasteiger partial charge in [-0.25, -0.2) is 4.79 Å². The molecule has 0 aromatic carbocycles. The highest BCUT2D eigenvalue weighted by Gasteiger charge is 2.53. The lowest BCUT2D eigenvalue weighted by Gasteiger charge is -2.42. The van der Waals surface area contributed by atoms with E-state index >= 15 is 0 Å². The summed E-state index contributed by atoms with van der Waals surface area (Å²) in [4.78, 5) is 72.2. The Bertz CT molecular complexity index is 1830. The van der Waals surface area contributed by atoms with Crippen LogP contribution in [0.3, 0.4) is 0 Å². The van der Waals surface area contributed by atoms with Crippen LogP contribution < -0.4 is 0 Å². The zero-order valence-corrected chi connectivity index (χ0v) is 43.1. The zero-order valence-electron chi connectivity index (χ0n) is 43.1. The SMILES string of the molecule is CO[C@H]1C[C@@H]2CC[C@@H](C)[C@@](O)(O2)C(=O)C(=O)N2CCCC[C@H]2C(=O)O[C@H]([C@H](C)C[C@@H]2CC[C@@H](OCCCO)[C@H](OC)C2)CC(=O)[C@H](C)/C=C(\C)[C@@H](O)[C@@H](OC)C(=O)[C@H](C)C[C@H](C)/C=C/C=C/C=C/1C. The lowest BCUT2D eigenvalue weighted by molar-refractivity contribution is -0.265. The molecule has 1 saturated carbocycles. The Hall–Kier alpha value is -3.41. The number of carbonyl (C=O) groups excluding carboxylic acids is 5. The number of ketones is 3. The molecule has 15 heteroatoms. The van der Waals surface area contributed by atoms with Gasteiger partial charge >= 0.3 is 5.97 Å². The van der Waals surface area contributed by atoms with E-state index in [1.165, 1.54) is 12.0 Å². The summed E-state index contributed by atoms with van der Waals surface area (Å²) in [6.45, 7) is 13.3. The monoisotopic (exact) mass is 972 g/mol. The predicted octanol–water partition coefficient (Wildman–Crippen LogP) is 6.59. The molecule has 0 radical (unpaired) electrons. The van der Waals surface area contributed by atoms with Crippen LogP contribution in [0.1, 0.15) is 132 Å². The maximum atomic E-state index is 14.5. The first-order chi connectivity index (χ1) is 32.8. The van der Waals surface area contributed by atoms with Crippen molar-refractivity contribution in [2.24, 2.45) is 35.5 Å². The van der Waals surface area contributed by atoms with E-state index in [4.69, 9.17) is 28.4 Å². The number of aliphatic hydroxyl groups excluding tert-OH is 2. The van der Waals surface area contributed by atoms with Gasteiger partial charge < -0.3 is 48.6 Å². The average molecular weight is 972 g/mol. The van der Waals surface area contributed by atoms with Crippen molar-refractivity contribution in [2.75, 3.05) is 41.1 Å². The van der Waals surface area contributed by atoms with E-state index in [0.29, 0.717) is 70.0 Å². The van der Waals surface area contributed by atoms with Gasteiger partial charge in [0.25, 0.3) is 11.7 Å². The van der Waals surface area contributed by atoms with Gasteiger partial charge in [-0.15, -0.1) is 0 Å². The standard InChI is InChI=1S/C54H85NO14/c1-33-17-12-11-13-18-34(2)45(64-8)31-41-22-20-39(7)54(63,69-41)51(60)52(61)55-24-15-14-19-42(55)53(62)68-46(36(4)29-40-21-23-44(47(30-40)65-9)67-26-16-25-56)32-43(57)35(3)28-38(6)49(59)50(66-10)48(58)37(5)27-33/h11-13,17-18,28,33,35-37,39-42,44-47,49-50,56,59,63H,14-16,19-27,29-32H2,1-10H3/b13-11+,17-12+,34-18+,38-28+/t33-,35-,36-,37-,39-,40+,41+,42+,44-,45+,46+,47-,49-,50+,54-/m1/s1. The highest BCUT2D eigenvalue weighted by molar-refractivity contribution is 6.39. The molecular formula is C54H85NO14. The third kappa shape index (κ3) is 16.0. The van der Waals surface area contributed by atoms with Crippen molar-refractivity contribution in [3.05, 3.63) is 47.6 Å². The lowest BCUT2D eigenvalue weighted by Crippen LogP contribution is -2.61. The Balaban J connectivity index is 1.69. The average Bonchev–Trinajstić information content (AvgIpc) is 3.33. The highest BCUT2D eigenvalue weighted by Crippen LogP contribution is 2.38. The van der Waals surface area contributed by atoms with Crippen LogP contribution >= 0.6 is 0 Å². The molecule has 1 amide bonds. The summed E-state index contributed by atoms with van der Waals surface area (Å²) >= 11 is 0. The van der Waals surface area contributed by atoms with Gasteiger partial charge in [0.15, 0.2) is 5.78 Å². The van der Waals surface area contributed by atoms with E-state index in [-0.39, 0.29) is 67.5 Å². The van der Waals surface area contributed by atoms with Crippen molar-refractivity contribution in [1.29, 1.82) is 0 Å². The lowest BCUT2D eigenvalue weighted by atomic mass is 9.78. The third-order valence-electron chi connectivity index (χ3n) is 15.1. The molecule has 2 saturated heterocycles. The van der Waals surface area contributed by atoms with E-state index in [2.05, 4.69) is 0 Å². The second-order valence-corrected chi connectivity index (χ2v) is 20.5. The molecule has 0 aromatic heterocycles. The predicted molar refractivity (Wildman–Crippen MR) is 261 cm³/mol. The quantitative estimate of drug-likeness (QED) is 0.0916. The molecule has 3 aliphatic heterocycles. The molecule has 15 nitrogen and oxygen atoms in total. The number of Topliss-reactive ketones (excluding diaryl/α,β-unsaturated/α-hetero) is 3. The molecule has 3 heterocycles. The van der Waals surface area contributed by atoms with E-state index in [1.54, 1.807) is 41.1 Å². The van der Waals surface area contributed by atoms with Crippen molar-refractivity contribution in [3.8, 4) is 0 Å². The fraction of sp³-hybridized carbons (Fsp3) is 0.759. The number of fused-ring (bicyclic) bond motifs is 3. The molecule has 1 aliphatic carbocycles. The van der Waals surface area contributed by atoms with Crippen LogP contribution in [-0.2, 0) is 52.4 Å². The van der Waals surface area contributed by atoms with Crippen LogP contribution in [0.15, 0.2) is 47.6 Å². The Labute approximate surface area is 411 Å². The Morgan fingerprint density at radius 2 is 1.59 bits per heavy atom. The summed E-state index contributed by atoms with van der Waals surface area (Å²) in [5.74, 6) is -7.92. The van der Waals surface area contributed by atoms with Crippen LogP contribution in [0.25, 0.3) is 0 Å². The molecule has 4 rings (SSSR count). The van der Waals surface area contributed by atoms with Gasteiger partial charge in [0.2, 0.25) is 5.79 Å². The molecule has 0 unspecified atom stereocenters. The number of nitrogens with zero attached hydrogens (tertiary/aromatic N) is 1. The molecule has 69 heavy (non-hydrogen) atoms. The fourth-order valence-electron chi connectivity index (χ4n) is 10.6. The number of amides is 1. The molecule has 0 aromatic rings. The van der Waals surface area contributed by atoms with Crippen LogP contribution in [0.5, 0.6) is 0 Å². The summed E-state index contributed by atoms with van der Waals surface area (Å²) in [6.07, 6.45) is 12.7. The van der Waals surface area contributed by atoms with Crippen molar-refractivity contribution in [2.45, 2.75) is 186 Å². The van der Waals surface area contributed by atoms with Gasteiger partial charge in [-0.05, 0) is 113 Å². The van der Waals surface area contributed by atoms with Gasteiger partial charge in [-0.1, -0.05) is 71.1 Å². The Kier molecular flexibility index (Phi) is 23.6. The van der Waals surface area contributed by atoms with Crippen molar-refractivity contribution in [1.82, 2.24) is 4.90 Å². The summed E-state index contributed by atoms with van der Waals surface area (Å²) in [7, 11) is 4.61. The molecule has 2 bridgehead atoms. The smallest absolute Gasteiger partial charge is 0.329 e. The molecule has 3 fully saturated rings. The van der Waals surface area contributed by atoms with Crippen LogP contribution in [0.4, 0.5) is 0 Å². The summed E-state index contributed by atoms with van der Waals surface area (Å²) in [6, 6.07) is -1.14. The summed E-state index contributed by atoms with van der Waals surface area (Å²) in [5.41, 5.74) is 1.27. The zero-order chi connectivity index (χ0) is 51.0. The van der Waals surface area contributed by atoms with Gasteiger partial charge in [-0.3, -0.25) is 19.2 Å². The first-order valence-electron chi connectivity index (χ1n) is 25.5. The van der Waals surface area contributed by atoms with Gasteiger partial charge in [0.05, 0.1) is 24.4 Å². The minimum atomic E-state index is -2.43. The second kappa shape index (κ2) is 28.0. The molecule has 4 aliphatic rings. The molecule has 390 valence electrons. The minimum absolute atomic E-state index is 0.0163. The van der Waals surface area contributed by atoms with Crippen LogP contribution in [-0.4, -0.2) is 145 Å². The molecule has 3 N–H and O–H groups in total. The van der Waals surface area contributed by atoms with Gasteiger partial charge in [-0.2, -0.15) is 0 Å². The van der Waals surface area contributed by atoms with E-state index in [0.717, 1.165) is 18.4 Å². The number of esters is 1. The number of carbonyl (C=O) groups is 5. The third-order valence-corrected chi connectivity index (χ3v) is 15.1. The summed E-state index contributed by atoms with van der Waals surface area (Å²) < 4.78 is 35.8. The number of cyclic esters (lactones) is 1. The topological polar surface area (TPSA) is 205 Å². The number of hydrogen-bond donors (Lipinski definition) is 3. The van der Waals surface area contributed by atoms with Crippen molar-refractivity contribution in [3.63, 3.8) is 0 Å². The number of rotatable bonds is 10. The fourth-order valence-corrected chi connectivity index (χ4v) is 10.6. The number of piperidine rings is 1. The van der Waals surface area contributed by atoms with Crippen LogP contribution in [0, 0.1) is 35.5 Å². The number of aliphatic hydroxyl groups is 3. The molecular weight excluding hydrogens is 887 g/mol. The highest BCUT2D eigenvalue weighted by atomic mass is 16.6. The van der Waals surface area contributed by atoms with E-state index < -0.39 is 77.8 Å². The van der Waals surface area contributed by atoms with Gasteiger partial charge in [0, 0.05) is 71.7 Å². The molecule has 0 spiro atoms. The normalized spacial score (nSPS) is 38.8. The maximum absolute atomic E-state index is 14.5. The van der Waals surface area contributed by atoms with E-state index in [9.17, 15) is 39.3 Å². The largest absolute Gasteiger partial charge is 0.460 e. The molecule has 15 atom stereocenters. The van der Waals surface area contributed by atoms with Gasteiger partial charge in [0.1, 0.15) is 30.1 Å².